The predicted octanol–water partition coefficient (Wildman–Crippen LogP) is 1.75. The first-order valence-corrected chi connectivity index (χ1v) is 7.86. The van der Waals surface area contributed by atoms with E-state index >= 15 is 0 Å². The zero-order valence-corrected chi connectivity index (χ0v) is 13.0. The van der Waals surface area contributed by atoms with Crippen molar-refractivity contribution in [1.82, 2.24) is 15.5 Å². The van der Waals surface area contributed by atoms with E-state index in [-0.39, 0.29) is 18.0 Å². The van der Waals surface area contributed by atoms with Gasteiger partial charge in [-0.05, 0) is 46.2 Å². The van der Waals surface area contributed by atoms with Crippen molar-refractivity contribution in [2.24, 2.45) is 0 Å². The van der Waals surface area contributed by atoms with E-state index in [1.165, 1.54) is 19.3 Å². The second kappa shape index (κ2) is 8.54. The highest BCUT2D eigenvalue weighted by atomic mass is 16.2. The van der Waals surface area contributed by atoms with Crippen molar-refractivity contribution in [2.45, 2.75) is 71.5 Å². The number of hydrogen-bond acceptors (Lipinski definition) is 3. The molecule has 0 aliphatic carbocycles. The van der Waals surface area contributed by atoms with Crippen LogP contribution in [0.15, 0.2) is 0 Å². The van der Waals surface area contributed by atoms with Crippen LogP contribution in [0, 0.1) is 0 Å². The Morgan fingerprint density at radius 1 is 1.32 bits per heavy atom. The van der Waals surface area contributed by atoms with E-state index in [4.69, 9.17) is 0 Å². The third-order valence-corrected chi connectivity index (χ3v) is 4.18. The lowest BCUT2D eigenvalue weighted by atomic mass is 9.99. The third kappa shape index (κ3) is 5.11. The van der Waals surface area contributed by atoms with E-state index in [1.54, 1.807) is 0 Å². The van der Waals surface area contributed by atoms with E-state index in [0.717, 1.165) is 26.1 Å². The molecule has 0 aromatic rings. The SMILES string of the molecule is CCNCC1CCCCN1C(C)C(=O)NC(C)CC. The highest BCUT2D eigenvalue weighted by Crippen LogP contribution is 2.19. The van der Waals surface area contributed by atoms with Crippen molar-refractivity contribution < 1.29 is 4.79 Å². The molecule has 1 rings (SSSR count). The second-order valence-corrected chi connectivity index (χ2v) is 5.69. The van der Waals surface area contributed by atoms with Crippen molar-refractivity contribution in [3.8, 4) is 0 Å². The Morgan fingerprint density at radius 3 is 2.68 bits per heavy atom. The number of piperidine rings is 1. The lowest BCUT2D eigenvalue weighted by Gasteiger charge is -2.39. The van der Waals surface area contributed by atoms with Gasteiger partial charge in [0.1, 0.15) is 0 Å². The van der Waals surface area contributed by atoms with Gasteiger partial charge in [0.25, 0.3) is 0 Å². The molecule has 3 unspecified atom stereocenters. The second-order valence-electron chi connectivity index (χ2n) is 5.69. The summed E-state index contributed by atoms with van der Waals surface area (Å²) >= 11 is 0. The van der Waals surface area contributed by atoms with Gasteiger partial charge in [0.15, 0.2) is 0 Å². The van der Waals surface area contributed by atoms with E-state index in [1.807, 2.05) is 6.92 Å². The zero-order valence-electron chi connectivity index (χ0n) is 13.0. The number of carbonyl (C=O) groups excluding carboxylic acids is 1. The maximum Gasteiger partial charge on any atom is 0.237 e. The number of likely N-dealkylation sites (N-methyl/N-ethyl adjacent to an activating group) is 1. The minimum atomic E-state index is -0.0158. The molecule has 0 aromatic heterocycles. The first-order valence-electron chi connectivity index (χ1n) is 7.86. The van der Waals surface area contributed by atoms with Crippen LogP contribution in [0.25, 0.3) is 0 Å². The molecule has 1 aliphatic rings. The molecular weight excluding hydrogens is 238 g/mol. The molecule has 1 fully saturated rings. The fourth-order valence-electron chi connectivity index (χ4n) is 2.68. The van der Waals surface area contributed by atoms with Crippen LogP contribution < -0.4 is 10.6 Å². The lowest BCUT2D eigenvalue weighted by Crippen LogP contribution is -2.55. The maximum atomic E-state index is 12.3. The van der Waals surface area contributed by atoms with Crippen LogP contribution in [0.1, 0.15) is 53.4 Å². The van der Waals surface area contributed by atoms with Crippen molar-refractivity contribution in [2.75, 3.05) is 19.6 Å². The van der Waals surface area contributed by atoms with Gasteiger partial charge in [0.2, 0.25) is 5.91 Å². The highest BCUT2D eigenvalue weighted by molar-refractivity contribution is 5.81. The Labute approximate surface area is 118 Å². The Kier molecular flexibility index (Phi) is 7.39. The van der Waals surface area contributed by atoms with Gasteiger partial charge in [-0.15, -0.1) is 0 Å². The van der Waals surface area contributed by atoms with E-state index in [2.05, 4.69) is 36.3 Å². The van der Waals surface area contributed by atoms with Crippen molar-refractivity contribution in [3.05, 3.63) is 0 Å². The number of hydrogen-bond donors (Lipinski definition) is 2. The van der Waals surface area contributed by atoms with Crippen LogP contribution in [0.2, 0.25) is 0 Å². The maximum absolute atomic E-state index is 12.3. The zero-order chi connectivity index (χ0) is 14.3. The van der Waals surface area contributed by atoms with Crippen LogP contribution in [0.5, 0.6) is 0 Å². The molecule has 0 saturated carbocycles. The summed E-state index contributed by atoms with van der Waals surface area (Å²) < 4.78 is 0. The van der Waals surface area contributed by atoms with Crippen LogP contribution in [0.3, 0.4) is 0 Å². The van der Waals surface area contributed by atoms with Gasteiger partial charge in [-0.2, -0.15) is 0 Å². The van der Waals surface area contributed by atoms with Crippen molar-refractivity contribution in [1.29, 1.82) is 0 Å². The fourth-order valence-corrected chi connectivity index (χ4v) is 2.68. The molecule has 0 spiro atoms. The summed E-state index contributed by atoms with van der Waals surface area (Å²) in [4.78, 5) is 14.6. The molecular formula is C15H31N3O. The monoisotopic (exact) mass is 269 g/mol. The van der Waals surface area contributed by atoms with Crippen LogP contribution >= 0.6 is 0 Å². The van der Waals surface area contributed by atoms with Crippen LogP contribution in [0.4, 0.5) is 0 Å². The molecule has 1 aliphatic heterocycles. The van der Waals surface area contributed by atoms with Gasteiger partial charge >= 0.3 is 0 Å². The lowest BCUT2D eigenvalue weighted by molar-refractivity contribution is -0.128. The normalized spacial score (nSPS) is 23.9. The minimum absolute atomic E-state index is 0.0158. The average molecular weight is 269 g/mol. The smallest absolute Gasteiger partial charge is 0.237 e. The molecule has 0 aromatic carbocycles. The molecule has 0 radical (unpaired) electrons. The summed E-state index contributed by atoms with van der Waals surface area (Å²) in [7, 11) is 0. The quantitative estimate of drug-likeness (QED) is 0.740. The summed E-state index contributed by atoms with van der Waals surface area (Å²) in [5.74, 6) is 0.178. The standard InChI is InChI=1S/C15H31N3O/c1-5-12(3)17-15(19)13(4)18-10-8-7-9-14(18)11-16-6-2/h12-14,16H,5-11H2,1-4H3,(H,17,19). The summed E-state index contributed by atoms with van der Waals surface area (Å²) in [5, 5.41) is 6.52. The third-order valence-electron chi connectivity index (χ3n) is 4.18. The highest BCUT2D eigenvalue weighted by Gasteiger charge is 2.30. The van der Waals surface area contributed by atoms with Crippen molar-refractivity contribution in [3.63, 3.8) is 0 Å². The van der Waals surface area contributed by atoms with Gasteiger partial charge in [-0.25, -0.2) is 0 Å². The molecule has 4 nitrogen and oxygen atoms in total. The number of nitrogens with one attached hydrogen (secondary N) is 2. The van der Waals surface area contributed by atoms with E-state index in [9.17, 15) is 4.79 Å². The largest absolute Gasteiger partial charge is 0.352 e. The Bertz CT molecular complexity index is 270. The minimum Gasteiger partial charge on any atom is -0.352 e. The topological polar surface area (TPSA) is 44.4 Å². The number of rotatable bonds is 7. The van der Waals surface area contributed by atoms with Crippen LogP contribution in [-0.2, 0) is 4.79 Å². The average Bonchev–Trinajstić information content (AvgIpc) is 2.44. The van der Waals surface area contributed by atoms with Gasteiger partial charge in [0.05, 0.1) is 6.04 Å². The molecule has 1 saturated heterocycles. The summed E-state index contributed by atoms with van der Waals surface area (Å²) in [5.41, 5.74) is 0. The summed E-state index contributed by atoms with van der Waals surface area (Å²) in [6.07, 6.45) is 4.68. The van der Waals surface area contributed by atoms with Gasteiger partial charge in [-0.3, -0.25) is 9.69 Å². The van der Waals surface area contributed by atoms with Gasteiger partial charge in [-0.1, -0.05) is 20.3 Å². The summed E-state index contributed by atoms with van der Waals surface area (Å²) in [6, 6.07) is 0.760. The van der Waals surface area contributed by atoms with Gasteiger partial charge in [0, 0.05) is 18.6 Å². The number of amides is 1. The molecule has 1 heterocycles. The first-order chi connectivity index (χ1) is 9.10. The molecule has 2 N–H and O–H groups in total. The Balaban J connectivity index is 2.55. The molecule has 4 heteroatoms. The number of nitrogens with zero attached hydrogens (tertiary/aromatic N) is 1. The molecule has 112 valence electrons. The Morgan fingerprint density at radius 2 is 2.05 bits per heavy atom. The molecule has 19 heavy (non-hydrogen) atoms. The van der Waals surface area contributed by atoms with Crippen LogP contribution in [-0.4, -0.2) is 48.6 Å². The van der Waals surface area contributed by atoms with E-state index < -0.39 is 0 Å². The first kappa shape index (κ1) is 16.4. The summed E-state index contributed by atoms with van der Waals surface area (Å²) in [6.45, 7) is 11.4. The fraction of sp³-hybridized carbons (Fsp3) is 0.933. The number of likely N-dealkylation sites (tertiary alicyclic amines) is 1. The van der Waals surface area contributed by atoms with E-state index in [0.29, 0.717) is 6.04 Å². The molecule has 0 bridgehead atoms. The Hall–Kier alpha value is -0.610. The number of carbonyl (C=O) groups is 1. The predicted molar refractivity (Wildman–Crippen MR) is 80.2 cm³/mol. The van der Waals surface area contributed by atoms with Crippen molar-refractivity contribution >= 4 is 5.91 Å². The molecule has 1 amide bonds. The molecule has 3 atom stereocenters. The van der Waals surface area contributed by atoms with Gasteiger partial charge < -0.3 is 10.6 Å².